The van der Waals surface area contributed by atoms with Gasteiger partial charge in [0.2, 0.25) is 0 Å². The third kappa shape index (κ3) is 4.21. The van der Waals surface area contributed by atoms with E-state index in [9.17, 15) is 10.1 Å². The summed E-state index contributed by atoms with van der Waals surface area (Å²) in [6.45, 7) is 9.38. The van der Waals surface area contributed by atoms with Crippen LogP contribution in [-0.4, -0.2) is 18.0 Å². The van der Waals surface area contributed by atoms with E-state index in [0.29, 0.717) is 16.3 Å². The lowest BCUT2D eigenvalue weighted by molar-refractivity contribution is -0.112. The van der Waals surface area contributed by atoms with E-state index in [2.05, 4.69) is 44.0 Å². The van der Waals surface area contributed by atoms with Crippen LogP contribution in [0.5, 0.6) is 0 Å². The first kappa shape index (κ1) is 20.7. The predicted molar refractivity (Wildman–Crippen MR) is 121 cm³/mol. The van der Waals surface area contributed by atoms with Crippen molar-refractivity contribution in [2.45, 2.75) is 33.2 Å². The third-order valence-corrected chi connectivity index (χ3v) is 5.44. The number of hydrogen-bond donors (Lipinski definition) is 1. The number of carbonyl (C=O) groups is 1. The zero-order valence-electron chi connectivity index (χ0n) is 17.1. The molecule has 29 heavy (non-hydrogen) atoms. The van der Waals surface area contributed by atoms with E-state index in [1.54, 1.807) is 18.2 Å². The second-order valence-electron chi connectivity index (χ2n) is 7.61. The van der Waals surface area contributed by atoms with E-state index < -0.39 is 5.91 Å². The number of para-hydroxylation sites is 1. The summed E-state index contributed by atoms with van der Waals surface area (Å²) in [6.07, 6.45) is 3.78. The molecule has 0 unspecified atom stereocenters. The molecule has 0 saturated carbocycles. The van der Waals surface area contributed by atoms with Gasteiger partial charge in [-0.25, -0.2) is 0 Å². The summed E-state index contributed by atoms with van der Waals surface area (Å²) in [4.78, 5) is 14.8. The summed E-state index contributed by atoms with van der Waals surface area (Å²) in [5, 5.41) is 12.8. The fraction of sp³-hybridized carbons (Fsp3) is 0.250. The van der Waals surface area contributed by atoms with Crippen molar-refractivity contribution in [3.8, 4) is 6.07 Å². The molecular weight excluding hydrogens is 382 g/mol. The average molecular weight is 406 g/mol. The molecule has 5 heteroatoms. The Morgan fingerprint density at radius 2 is 1.97 bits per heavy atom. The summed E-state index contributed by atoms with van der Waals surface area (Å²) in [5.41, 5.74) is 4.44. The molecule has 1 N–H and O–H groups in total. The Morgan fingerprint density at radius 3 is 2.59 bits per heavy atom. The van der Waals surface area contributed by atoms with Crippen LogP contribution in [0.1, 0.15) is 38.8 Å². The molecule has 0 fully saturated rings. The van der Waals surface area contributed by atoms with Crippen LogP contribution in [0.2, 0.25) is 5.02 Å². The van der Waals surface area contributed by atoms with Crippen LogP contribution < -0.4 is 10.2 Å². The largest absolute Gasteiger partial charge is 0.363 e. The SMILES string of the molecule is CCN1c2cc(Cl)c(/C=C(\C#N)C(=O)Nc3ccccc3)cc2C(C)=CC1(C)C. The van der Waals surface area contributed by atoms with Crippen molar-refractivity contribution in [1.29, 1.82) is 5.26 Å². The third-order valence-electron chi connectivity index (χ3n) is 5.11. The van der Waals surface area contributed by atoms with Gasteiger partial charge >= 0.3 is 0 Å². The number of allylic oxidation sites excluding steroid dienone is 1. The molecule has 0 aromatic heterocycles. The van der Waals surface area contributed by atoms with Gasteiger partial charge in [-0.3, -0.25) is 4.79 Å². The van der Waals surface area contributed by atoms with Gasteiger partial charge in [0.15, 0.2) is 0 Å². The quantitative estimate of drug-likeness (QED) is 0.508. The molecule has 0 aliphatic carbocycles. The number of nitrogens with one attached hydrogen (secondary N) is 1. The van der Waals surface area contributed by atoms with Crippen molar-refractivity contribution in [3.05, 3.63) is 70.3 Å². The summed E-state index contributed by atoms with van der Waals surface area (Å²) >= 11 is 6.56. The summed E-state index contributed by atoms with van der Waals surface area (Å²) < 4.78 is 0. The minimum Gasteiger partial charge on any atom is -0.363 e. The standard InChI is InChI=1S/C24H24ClN3O/c1-5-28-22-13-21(25)17(12-20(22)16(2)14-24(28,3)4)11-18(15-26)23(29)27-19-9-7-6-8-10-19/h6-14H,5H2,1-4H3,(H,27,29)/b18-11+. The van der Waals surface area contributed by atoms with Gasteiger partial charge < -0.3 is 10.2 Å². The average Bonchev–Trinajstić information content (AvgIpc) is 2.67. The number of carbonyl (C=O) groups excluding carboxylic acids is 1. The van der Waals surface area contributed by atoms with Gasteiger partial charge in [0.25, 0.3) is 5.91 Å². The zero-order chi connectivity index (χ0) is 21.2. The van der Waals surface area contributed by atoms with E-state index in [0.717, 1.165) is 23.4 Å². The maximum absolute atomic E-state index is 12.5. The number of anilines is 2. The molecule has 3 rings (SSSR count). The molecule has 0 atom stereocenters. The fourth-order valence-corrected chi connectivity index (χ4v) is 4.04. The van der Waals surface area contributed by atoms with Crippen LogP contribution in [-0.2, 0) is 4.79 Å². The van der Waals surface area contributed by atoms with Crippen molar-refractivity contribution >= 4 is 40.5 Å². The van der Waals surface area contributed by atoms with Gasteiger partial charge in [-0.15, -0.1) is 0 Å². The summed E-state index contributed by atoms with van der Waals surface area (Å²) in [5.74, 6) is -0.462. The van der Waals surface area contributed by atoms with Crippen LogP contribution in [0.3, 0.4) is 0 Å². The number of nitriles is 1. The molecule has 4 nitrogen and oxygen atoms in total. The molecular formula is C24H24ClN3O. The van der Waals surface area contributed by atoms with E-state index >= 15 is 0 Å². The molecule has 1 amide bonds. The number of hydrogen-bond acceptors (Lipinski definition) is 3. The number of rotatable bonds is 4. The number of amides is 1. The van der Waals surface area contributed by atoms with Gasteiger partial charge in [-0.05, 0) is 69.2 Å². The first-order valence-electron chi connectivity index (χ1n) is 9.56. The minimum atomic E-state index is -0.462. The second kappa shape index (κ2) is 8.14. The molecule has 0 spiro atoms. The Labute approximate surface area is 177 Å². The van der Waals surface area contributed by atoms with Gasteiger partial charge in [0.1, 0.15) is 11.6 Å². The Morgan fingerprint density at radius 1 is 1.28 bits per heavy atom. The van der Waals surface area contributed by atoms with E-state index in [-0.39, 0.29) is 11.1 Å². The molecule has 148 valence electrons. The molecule has 1 aliphatic rings. The van der Waals surface area contributed by atoms with Crippen LogP contribution in [0.25, 0.3) is 11.6 Å². The van der Waals surface area contributed by atoms with Crippen molar-refractivity contribution < 1.29 is 4.79 Å². The van der Waals surface area contributed by atoms with E-state index in [1.807, 2.05) is 36.4 Å². The van der Waals surface area contributed by atoms with Gasteiger partial charge in [-0.2, -0.15) is 5.26 Å². The van der Waals surface area contributed by atoms with Crippen LogP contribution >= 0.6 is 11.6 Å². The Balaban J connectivity index is 2.00. The van der Waals surface area contributed by atoms with Gasteiger partial charge in [0.05, 0.1) is 5.54 Å². The van der Waals surface area contributed by atoms with Crippen LogP contribution in [0, 0.1) is 11.3 Å². The molecule has 1 aliphatic heterocycles. The van der Waals surface area contributed by atoms with Crippen molar-refractivity contribution in [2.75, 3.05) is 16.8 Å². The molecule has 0 bridgehead atoms. The van der Waals surface area contributed by atoms with Crippen LogP contribution in [0.4, 0.5) is 11.4 Å². The lowest BCUT2D eigenvalue weighted by Crippen LogP contribution is -2.44. The topological polar surface area (TPSA) is 56.1 Å². The minimum absolute atomic E-state index is 0.000762. The van der Waals surface area contributed by atoms with Gasteiger partial charge in [-0.1, -0.05) is 35.9 Å². The number of likely N-dealkylation sites (N-methyl/N-ethyl adjacent to an activating group) is 1. The van der Waals surface area contributed by atoms with E-state index in [4.69, 9.17) is 11.6 Å². The normalized spacial score (nSPS) is 15.2. The Kier molecular flexibility index (Phi) is 5.81. The Hall–Kier alpha value is -3.03. The lowest BCUT2D eigenvalue weighted by Gasteiger charge is -2.43. The lowest BCUT2D eigenvalue weighted by atomic mass is 9.88. The molecule has 2 aromatic rings. The number of benzene rings is 2. The molecule has 0 saturated heterocycles. The van der Waals surface area contributed by atoms with Crippen molar-refractivity contribution in [3.63, 3.8) is 0 Å². The maximum atomic E-state index is 12.5. The highest BCUT2D eigenvalue weighted by molar-refractivity contribution is 6.32. The highest BCUT2D eigenvalue weighted by Gasteiger charge is 2.30. The predicted octanol–water partition coefficient (Wildman–Crippen LogP) is 5.91. The molecule has 1 heterocycles. The first-order chi connectivity index (χ1) is 13.8. The van der Waals surface area contributed by atoms with Crippen molar-refractivity contribution in [1.82, 2.24) is 0 Å². The molecule has 0 radical (unpaired) electrons. The Bertz CT molecular complexity index is 1050. The monoisotopic (exact) mass is 405 g/mol. The van der Waals surface area contributed by atoms with Gasteiger partial charge in [0, 0.05) is 28.5 Å². The highest BCUT2D eigenvalue weighted by Crippen LogP contribution is 2.41. The molecule has 2 aromatic carbocycles. The first-order valence-corrected chi connectivity index (χ1v) is 9.94. The number of halogens is 1. The second-order valence-corrected chi connectivity index (χ2v) is 8.01. The van der Waals surface area contributed by atoms with Crippen LogP contribution in [0.15, 0.2) is 54.1 Å². The summed E-state index contributed by atoms with van der Waals surface area (Å²) in [7, 11) is 0. The van der Waals surface area contributed by atoms with E-state index in [1.165, 1.54) is 0 Å². The number of fused-ring (bicyclic) bond motifs is 1. The highest BCUT2D eigenvalue weighted by atomic mass is 35.5. The number of nitrogens with zero attached hydrogens (tertiary/aromatic N) is 2. The summed E-state index contributed by atoms with van der Waals surface area (Å²) in [6, 6.07) is 14.9. The fourth-order valence-electron chi connectivity index (χ4n) is 3.83. The smallest absolute Gasteiger partial charge is 0.266 e. The maximum Gasteiger partial charge on any atom is 0.266 e. The zero-order valence-corrected chi connectivity index (χ0v) is 17.8. The van der Waals surface area contributed by atoms with Crippen molar-refractivity contribution in [2.24, 2.45) is 0 Å².